The van der Waals surface area contributed by atoms with Crippen LogP contribution < -0.4 is 4.74 Å². The summed E-state index contributed by atoms with van der Waals surface area (Å²) < 4.78 is 25.3. The van der Waals surface area contributed by atoms with E-state index in [0.29, 0.717) is 17.0 Å². The van der Waals surface area contributed by atoms with Crippen LogP contribution in [0.4, 0.5) is 4.39 Å². The molecule has 1 aromatic heterocycles. The Kier molecular flexibility index (Phi) is 4.57. The van der Waals surface area contributed by atoms with Gasteiger partial charge in [-0.15, -0.1) is 0 Å². The van der Waals surface area contributed by atoms with Gasteiger partial charge < -0.3 is 9.47 Å². The molecule has 21 heavy (non-hydrogen) atoms. The summed E-state index contributed by atoms with van der Waals surface area (Å²) in [4.78, 5) is 11.8. The second-order valence-electron chi connectivity index (χ2n) is 4.55. The Hall–Kier alpha value is -2.37. The summed E-state index contributed by atoms with van der Waals surface area (Å²) in [5.74, 6) is -0.377. The van der Waals surface area contributed by atoms with Crippen LogP contribution in [-0.4, -0.2) is 22.4 Å². The third-order valence-electron chi connectivity index (χ3n) is 3.07. The van der Waals surface area contributed by atoms with Gasteiger partial charge in [-0.05, 0) is 25.5 Å². The normalized spacial score (nSPS) is 10.5. The van der Waals surface area contributed by atoms with Gasteiger partial charge in [-0.2, -0.15) is 5.10 Å². The maximum atomic E-state index is 13.2. The summed E-state index contributed by atoms with van der Waals surface area (Å²) in [5.41, 5.74) is 1.75. The molecule has 0 aliphatic rings. The van der Waals surface area contributed by atoms with Crippen molar-refractivity contribution in [2.45, 2.75) is 20.5 Å². The third-order valence-corrected chi connectivity index (χ3v) is 3.07. The maximum Gasteiger partial charge on any atom is 0.341 e. The number of carbonyl (C=O) groups excluding carboxylic acids is 1. The number of rotatable bonds is 5. The average molecular weight is 292 g/mol. The van der Waals surface area contributed by atoms with Crippen LogP contribution in [0.3, 0.4) is 0 Å². The Labute approximate surface area is 122 Å². The maximum absolute atomic E-state index is 13.2. The number of hydrogen-bond acceptors (Lipinski definition) is 4. The van der Waals surface area contributed by atoms with Crippen LogP contribution in [0.1, 0.15) is 28.5 Å². The lowest BCUT2D eigenvalue weighted by Gasteiger charge is -2.10. The van der Waals surface area contributed by atoms with Gasteiger partial charge in [0.05, 0.1) is 18.5 Å². The Bertz CT molecular complexity index is 652. The van der Waals surface area contributed by atoms with Gasteiger partial charge in [-0.3, -0.25) is 4.68 Å². The highest BCUT2D eigenvalue weighted by Crippen LogP contribution is 2.21. The van der Waals surface area contributed by atoms with E-state index in [0.717, 1.165) is 5.56 Å². The zero-order valence-corrected chi connectivity index (χ0v) is 12.2. The van der Waals surface area contributed by atoms with Crippen molar-refractivity contribution >= 4 is 5.97 Å². The molecule has 0 unspecified atom stereocenters. The molecule has 0 aliphatic heterocycles. The van der Waals surface area contributed by atoms with Gasteiger partial charge in [0.15, 0.2) is 0 Å². The minimum absolute atomic E-state index is 0.106. The zero-order valence-electron chi connectivity index (χ0n) is 12.2. The molecule has 0 aliphatic carbocycles. The number of nitrogens with zero attached hydrogens (tertiary/aromatic N) is 2. The van der Waals surface area contributed by atoms with E-state index in [-0.39, 0.29) is 19.0 Å². The molecule has 0 N–H and O–H groups in total. The van der Waals surface area contributed by atoms with E-state index >= 15 is 0 Å². The second kappa shape index (κ2) is 6.39. The fraction of sp³-hybridized carbons (Fsp3) is 0.333. The molecule has 0 bridgehead atoms. The fourth-order valence-electron chi connectivity index (χ4n) is 1.89. The SMILES string of the molecule is CCOC(=O)c1cnn(C)c1COc1cc(F)ccc1C. The number of esters is 1. The Morgan fingerprint density at radius 2 is 2.19 bits per heavy atom. The molecule has 1 heterocycles. The van der Waals surface area contributed by atoms with Crippen LogP contribution in [0, 0.1) is 12.7 Å². The Balaban J connectivity index is 2.18. The number of ether oxygens (including phenoxy) is 2. The first-order chi connectivity index (χ1) is 10.0. The molecule has 2 rings (SSSR count). The number of halogens is 1. The monoisotopic (exact) mass is 292 g/mol. The first kappa shape index (κ1) is 15.0. The quantitative estimate of drug-likeness (QED) is 0.795. The van der Waals surface area contributed by atoms with Crippen molar-refractivity contribution in [2.75, 3.05) is 6.61 Å². The van der Waals surface area contributed by atoms with Gasteiger partial charge in [0.2, 0.25) is 0 Å². The van der Waals surface area contributed by atoms with Crippen LogP contribution in [0.2, 0.25) is 0 Å². The van der Waals surface area contributed by atoms with E-state index < -0.39 is 5.97 Å². The summed E-state index contributed by atoms with van der Waals surface area (Å²) in [5, 5.41) is 4.03. The molecule has 6 heteroatoms. The molecule has 112 valence electrons. The van der Waals surface area contributed by atoms with E-state index in [9.17, 15) is 9.18 Å². The number of hydrogen-bond donors (Lipinski definition) is 0. The minimum Gasteiger partial charge on any atom is -0.487 e. The standard InChI is InChI=1S/C15H17FN2O3/c1-4-20-15(19)12-8-17-18(3)13(12)9-21-14-7-11(16)6-5-10(14)2/h5-8H,4,9H2,1-3H3. The van der Waals surface area contributed by atoms with Gasteiger partial charge in [0, 0.05) is 13.1 Å². The van der Waals surface area contributed by atoms with Crippen molar-refractivity contribution in [3.63, 3.8) is 0 Å². The topological polar surface area (TPSA) is 53.3 Å². The molecule has 0 spiro atoms. The molecule has 1 aromatic carbocycles. The van der Waals surface area contributed by atoms with Gasteiger partial charge in [-0.1, -0.05) is 6.07 Å². The predicted octanol–water partition coefficient (Wildman–Crippen LogP) is 2.62. The smallest absolute Gasteiger partial charge is 0.341 e. The average Bonchev–Trinajstić information content (AvgIpc) is 2.81. The van der Waals surface area contributed by atoms with E-state index in [1.165, 1.54) is 18.3 Å². The highest BCUT2D eigenvalue weighted by atomic mass is 19.1. The summed E-state index contributed by atoms with van der Waals surface area (Å²) in [6, 6.07) is 4.33. The van der Waals surface area contributed by atoms with Crippen molar-refractivity contribution in [3.05, 3.63) is 47.0 Å². The highest BCUT2D eigenvalue weighted by molar-refractivity contribution is 5.90. The van der Waals surface area contributed by atoms with Crippen LogP contribution in [0.25, 0.3) is 0 Å². The molecule has 0 atom stereocenters. The van der Waals surface area contributed by atoms with Gasteiger partial charge >= 0.3 is 5.97 Å². The van der Waals surface area contributed by atoms with E-state index in [4.69, 9.17) is 9.47 Å². The van der Waals surface area contributed by atoms with E-state index in [1.807, 2.05) is 6.92 Å². The number of benzene rings is 1. The molecule has 0 saturated heterocycles. The molecule has 5 nitrogen and oxygen atoms in total. The van der Waals surface area contributed by atoms with Gasteiger partial charge in [0.25, 0.3) is 0 Å². The lowest BCUT2D eigenvalue weighted by molar-refractivity contribution is 0.0523. The summed E-state index contributed by atoms with van der Waals surface area (Å²) in [6.07, 6.45) is 1.44. The van der Waals surface area contributed by atoms with Crippen LogP contribution in [-0.2, 0) is 18.4 Å². The molecule has 0 amide bonds. The van der Waals surface area contributed by atoms with Crippen molar-refractivity contribution in [1.82, 2.24) is 9.78 Å². The molecular formula is C15H17FN2O3. The van der Waals surface area contributed by atoms with Gasteiger partial charge in [0.1, 0.15) is 23.7 Å². The summed E-state index contributed by atoms with van der Waals surface area (Å²) in [6.45, 7) is 3.96. The van der Waals surface area contributed by atoms with Crippen molar-refractivity contribution in [3.8, 4) is 5.75 Å². The molecule has 2 aromatic rings. The third kappa shape index (κ3) is 3.39. The fourth-order valence-corrected chi connectivity index (χ4v) is 1.89. The zero-order chi connectivity index (χ0) is 15.4. The van der Waals surface area contributed by atoms with Crippen LogP contribution in [0.5, 0.6) is 5.75 Å². The highest BCUT2D eigenvalue weighted by Gasteiger charge is 2.18. The van der Waals surface area contributed by atoms with Crippen LogP contribution >= 0.6 is 0 Å². The number of carbonyl (C=O) groups is 1. The Morgan fingerprint density at radius 1 is 1.43 bits per heavy atom. The molecule has 0 saturated carbocycles. The van der Waals surface area contributed by atoms with E-state index in [2.05, 4.69) is 5.10 Å². The van der Waals surface area contributed by atoms with Crippen LogP contribution in [0.15, 0.2) is 24.4 Å². The van der Waals surface area contributed by atoms with Crippen molar-refractivity contribution < 1.29 is 18.7 Å². The summed E-state index contributed by atoms with van der Waals surface area (Å²) >= 11 is 0. The lowest BCUT2D eigenvalue weighted by Crippen LogP contribution is -2.11. The molecule has 0 radical (unpaired) electrons. The van der Waals surface area contributed by atoms with Gasteiger partial charge in [-0.25, -0.2) is 9.18 Å². The first-order valence-electron chi connectivity index (χ1n) is 6.60. The second-order valence-corrected chi connectivity index (χ2v) is 4.55. The Morgan fingerprint density at radius 3 is 2.90 bits per heavy atom. The van der Waals surface area contributed by atoms with E-state index in [1.54, 1.807) is 24.7 Å². The predicted molar refractivity (Wildman–Crippen MR) is 74.6 cm³/mol. The lowest BCUT2D eigenvalue weighted by atomic mass is 10.2. The first-order valence-corrected chi connectivity index (χ1v) is 6.60. The minimum atomic E-state index is -0.444. The molecule has 0 fully saturated rings. The number of aryl methyl sites for hydroxylation is 2. The number of aromatic nitrogens is 2. The van der Waals surface area contributed by atoms with Crippen molar-refractivity contribution in [1.29, 1.82) is 0 Å². The molecular weight excluding hydrogens is 275 g/mol. The largest absolute Gasteiger partial charge is 0.487 e. The summed E-state index contributed by atoms with van der Waals surface area (Å²) in [7, 11) is 1.71. The van der Waals surface area contributed by atoms with Crippen molar-refractivity contribution in [2.24, 2.45) is 7.05 Å².